The molecule has 0 radical (unpaired) electrons. The summed E-state index contributed by atoms with van der Waals surface area (Å²) in [6, 6.07) is 2.98. The molecule has 3 N–H and O–H groups in total. The summed E-state index contributed by atoms with van der Waals surface area (Å²) in [5, 5.41) is 3.22. The second-order valence-electron chi connectivity index (χ2n) is 3.78. The number of halogens is 1. The fourth-order valence-electron chi connectivity index (χ4n) is 1.88. The number of nitrogens with two attached hydrogens (primary N) is 1. The van der Waals surface area contributed by atoms with Crippen LogP contribution in [0.3, 0.4) is 0 Å². The quantitative estimate of drug-likeness (QED) is 0.732. The molecule has 16 heavy (non-hydrogen) atoms. The van der Waals surface area contributed by atoms with E-state index in [1.54, 1.807) is 6.07 Å². The molecule has 1 aliphatic rings. The fraction of sp³-hybridized carbons (Fsp3) is 0.455. The van der Waals surface area contributed by atoms with Gasteiger partial charge >= 0.3 is 0 Å². The molecule has 0 bridgehead atoms. The van der Waals surface area contributed by atoms with Crippen LogP contribution in [-0.4, -0.2) is 33.3 Å². The number of ether oxygens (including phenoxy) is 1. The molecule has 1 aliphatic heterocycles. The smallest absolute Gasteiger partial charge is 0.148 e. The number of hydrogen-bond acceptors (Lipinski definition) is 4. The molecule has 0 aromatic heterocycles. The number of anilines is 2. The van der Waals surface area contributed by atoms with Gasteiger partial charge in [-0.3, -0.25) is 0 Å². The molecule has 4 nitrogen and oxygen atoms in total. The van der Waals surface area contributed by atoms with E-state index in [-0.39, 0.29) is 5.82 Å². The molecule has 0 saturated carbocycles. The molecule has 5 heteroatoms. The number of nitrogens with zero attached hydrogens (tertiary/aromatic N) is 1. The van der Waals surface area contributed by atoms with Crippen LogP contribution in [0.25, 0.3) is 0 Å². The average molecular weight is 225 g/mol. The summed E-state index contributed by atoms with van der Waals surface area (Å²) in [6.07, 6.45) is 0. The normalized spacial score (nSPS) is 16.2. The summed E-state index contributed by atoms with van der Waals surface area (Å²) in [4.78, 5) is 1.99. The minimum atomic E-state index is -0.291. The summed E-state index contributed by atoms with van der Waals surface area (Å²) >= 11 is 0. The van der Waals surface area contributed by atoms with Gasteiger partial charge in [-0.1, -0.05) is 0 Å². The Hall–Kier alpha value is -1.49. The number of nitrogen functional groups attached to an aromatic ring is 1. The van der Waals surface area contributed by atoms with Gasteiger partial charge in [0, 0.05) is 38.3 Å². The zero-order valence-electron chi connectivity index (χ0n) is 9.29. The second kappa shape index (κ2) is 4.57. The third-order valence-electron chi connectivity index (χ3n) is 2.76. The van der Waals surface area contributed by atoms with Crippen LogP contribution < -0.4 is 20.7 Å². The van der Waals surface area contributed by atoms with E-state index in [4.69, 9.17) is 10.5 Å². The number of methoxy groups -OCH3 is 1. The van der Waals surface area contributed by atoms with Crippen molar-refractivity contribution in [1.82, 2.24) is 5.32 Å². The Morgan fingerprint density at radius 3 is 2.69 bits per heavy atom. The molecular weight excluding hydrogens is 209 g/mol. The Morgan fingerprint density at radius 1 is 1.38 bits per heavy atom. The molecule has 2 rings (SSSR count). The highest BCUT2D eigenvalue weighted by Gasteiger charge is 2.16. The van der Waals surface area contributed by atoms with Gasteiger partial charge in [-0.05, 0) is 0 Å². The highest BCUT2D eigenvalue weighted by Crippen LogP contribution is 2.30. The molecule has 0 atom stereocenters. The predicted octanol–water partition coefficient (Wildman–Crippen LogP) is 0.826. The van der Waals surface area contributed by atoms with Crippen molar-refractivity contribution in [3.05, 3.63) is 17.9 Å². The molecule has 0 spiro atoms. The van der Waals surface area contributed by atoms with Gasteiger partial charge in [0.15, 0.2) is 0 Å². The van der Waals surface area contributed by atoms with Gasteiger partial charge < -0.3 is 20.7 Å². The Labute approximate surface area is 94.2 Å². The molecule has 88 valence electrons. The molecule has 1 fully saturated rings. The Bertz CT molecular complexity index is 378. The lowest BCUT2D eigenvalue weighted by Crippen LogP contribution is -2.43. The molecule has 0 amide bonds. The lowest BCUT2D eigenvalue weighted by atomic mass is 10.2. The van der Waals surface area contributed by atoms with Crippen LogP contribution >= 0.6 is 0 Å². The molecule has 0 aliphatic carbocycles. The molecule has 1 saturated heterocycles. The first-order chi connectivity index (χ1) is 7.72. The van der Waals surface area contributed by atoms with Gasteiger partial charge in [-0.25, -0.2) is 4.39 Å². The summed E-state index contributed by atoms with van der Waals surface area (Å²) in [5.41, 5.74) is 6.53. The molecule has 1 aromatic rings. The van der Waals surface area contributed by atoms with E-state index in [0.717, 1.165) is 26.2 Å². The summed E-state index contributed by atoms with van der Waals surface area (Å²) in [5.74, 6) is 0.232. The highest BCUT2D eigenvalue weighted by atomic mass is 19.1. The minimum Gasteiger partial charge on any atom is -0.495 e. The predicted molar refractivity (Wildman–Crippen MR) is 62.4 cm³/mol. The Balaban J connectivity index is 2.31. The van der Waals surface area contributed by atoms with Crippen LogP contribution in [0.1, 0.15) is 0 Å². The van der Waals surface area contributed by atoms with Crippen LogP contribution in [0, 0.1) is 5.82 Å². The van der Waals surface area contributed by atoms with E-state index in [1.165, 1.54) is 13.2 Å². The maximum atomic E-state index is 13.8. The first kappa shape index (κ1) is 11.0. The summed E-state index contributed by atoms with van der Waals surface area (Å²) < 4.78 is 18.9. The largest absolute Gasteiger partial charge is 0.495 e. The topological polar surface area (TPSA) is 50.5 Å². The number of piperazine rings is 1. The van der Waals surface area contributed by atoms with E-state index in [0.29, 0.717) is 17.1 Å². The molecule has 1 aromatic carbocycles. The summed E-state index contributed by atoms with van der Waals surface area (Å²) in [6.45, 7) is 3.33. The maximum absolute atomic E-state index is 13.8. The fourth-order valence-corrected chi connectivity index (χ4v) is 1.88. The van der Waals surface area contributed by atoms with E-state index in [1.807, 2.05) is 4.90 Å². The van der Waals surface area contributed by atoms with Crippen molar-refractivity contribution >= 4 is 11.4 Å². The zero-order valence-corrected chi connectivity index (χ0v) is 9.29. The van der Waals surface area contributed by atoms with E-state index >= 15 is 0 Å². The van der Waals surface area contributed by atoms with Crippen molar-refractivity contribution in [1.29, 1.82) is 0 Å². The summed E-state index contributed by atoms with van der Waals surface area (Å²) in [7, 11) is 1.53. The van der Waals surface area contributed by atoms with Crippen LogP contribution in [0.2, 0.25) is 0 Å². The van der Waals surface area contributed by atoms with Crippen LogP contribution in [0.15, 0.2) is 12.1 Å². The zero-order chi connectivity index (χ0) is 11.5. The van der Waals surface area contributed by atoms with Crippen LogP contribution in [0.5, 0.6) is 5.75 Å². The Morgan fingerprint density at radius 2 is 2.06 bits per heavy atom. The second-order valence-corrected chi connectivity index (χ2v) is 3.78. The standard InChI is InChI=1S/C11H16FN3O/c1-16-11-7-10(8(12)6-9(11)13)15-4-2-14-3-5-15/h6-7,14H,2-5,13H2,1H3. The van der Waals surface area contributed by atoms with Crippen molar-refractivity contribution in [2.24, 2.45) is 0 Å². The van der Waals surface area contributed by atoms with E-state index in [2.05, 4.69) is 5.32 Å². The monoisotopic (exact) mass is 225 g/mol. The Kier molecular flexibility index (Phi) is 3.14. The minimum absolute atomic E-state index is 0.291. The first-order valence-electron chi connectivity index (χ1n) is 5.31. The number of rotatable bonds is 2. The van der Waals surface area contributed by atoms with Crippen molar-refractivity contribution in [2.45, 2.75) is 0 Å². The van der Waals surface area contributed by atoms with Gasteiger partial charge in [0.25, 0.3) is 0 Å². The van der Waals surface area contributed by atoms with Gasteiger partial charge in [0.1, 0.15) is 11.6 Å². The lowest BCUT2D eigenvalue weighted by Gasteiger charge is -2.30. The lowest BCUT2D eigenvalue weighted by molar-refractivity contribution is 0.415. The number of hydrogen-bond donors (Lipinski definition) is 2. The number of benzene rings is 1. The highest BCUT2D eigenvalue weighted by molar-refractivity contribution is 5.63. The molecular formula is C11H16FN3O. The van der Waals surface area contributed by atoms with Crippen molar-refractivity contribution < 1.29 is 9.13 Å². The maximum Gasteiger partial charge on any atom is 0.148 e. The van der Waals surface area contributed by atoms with Gasteiger partial charge in [-0.2, -0.15) is 0 Å². The van der Waals surface area contributed by atoms with Gasteiger partial charge in [-0.15, -0.1) is 0 Å². The average Bonchev–Trinajstić information content (AvgIpc) is 2.30. The van der Waals surface area contributed by atoms with Crippen molar-refractivity contribution in [2.75, 3.05) is 43.9 Å². The third-order valence-corrected chi connectivity index (χ3v) is 2.76. The van der Waals surface area contributed by atoms with Gasteiger partial charge in [0.05, 0.1) is 18.5 Å². The van der Waals surface area contributed by atoms with E-state index < -0.39 is 0 Å². The molecule has 1 heterocycles. The van der Waals surface area contributed by atoms with Gasteiger partial charge in [0.2, 0.25) is 0 Å². The van der Waals surface area contributed by atoms with Crippen molar-refractivity contribution in [3.63, 3.8) is 0 Å². The first-order valence-corrected chi connectivity index (χ1v) is 5.31. The molecule has 0 unspecified atom stereocenters. The van der Waals surface area contributed by atoms with Crippen LogP contribution in [-0.2, 0) is 0 Å². The SMILES string of the molecule is COc1cc(N2CCNCC2)c(F)cc1N. The van der Waals surface area contributed by atoms with Crippen LogP contribution in [0.4, 0.5) is 15.8 Å². The van der Waals surface area contributed by atoms with E-state index in [9.17, 15) is 4.39 Å². The third kappa shape index (κ3) is 2.04. The number of nitrogens with one attached hydrogen (secondary N) is 1. The van der Waals surface area contributed by atoms with Crippen molar-refractivity contribution in [3.8, 4) is 5.75 Å².